The van der Waals surface area contributed by atoms with Crippen molar-refractivity contribution in [3.8, 4) is 0 Å². The standard InChI is InChI=1S/C5H3Cl2N3.H3NO2S.2H3N/c1-2-3-4(6)5(7)9-10-8-3;1-4(2)3;;/h2H,1H2;1H2,(H,2,3);2*1H3/p-1. The van der Waals surface area contributed by atoms with E-state index >= 15 is 0 Å². The maximum Gasteiger partial charge on any atom is 0.174 e. The van der Waals surface area contributed by atoms with E-state index in [1.807, 2.05) is 0 Å². The summed E-state index contributed by atoms with van der Waals surface area (Å²) in [6, 6.07) is 0. The average molecular weight is 290 g/mol. The van der Waals surface area contributed by atoms with Crippen molar-refractivity contribution in [1.29, 1.82) is 0 Å². The molecule has 1 aromatic heterocycles. The van der Waals surface area contributed by atoms with Crippen LogP contribution in [0.2, 0.25) is 10.2 Å². The van der Waals surface area contributed by atoms with Gasteiger partial charge in [-0.05, 0) is 11.3 Å². The minimum Gasteiger partial charge on any atom is -0.760 e. The summed E-state index contributed by atoms with van der Waals surface area (Å²) >= 11 is 8.76. The van der Waals surface area contributed by atoms with Crippen molar-refractivity contribution in [3.05, 3.63) is 22.4 Å². The van der Waals surface area contributed by atoms with Crippen molar-refractivity contribution < 1.29 is 8.76 Å². The molecule has 8 nitrogen and oxygen atoms in total. The van der Waals surface area contributed by atoms with E-state index < -0.39 is 11.3 Å². The van der Waals surface area contributed by atoms with Gasteiger partial charge in [-0.3, -0.25) is 9.35 Å². The summed E-state index contributed by atoms with van der Waals surface area (Å²) in [5, 5.41) is 14.8. The van der Waals surface area contributed by atoms with Gasteiger partial charge in [0.1, 0.15) is 10.7 Å². The van der Waals surface area contributed by atoms with Crippen molar-refractivity contribution in [2.45, 2.75) is 0 Å². The molecule has 1 unspecified atom stereocenters. The maximum absolute atomic E-state index is 8.78. The number of nitrogens with two attached hydrogens (primary N) is 1. The van der Waals surface area contributed by atoms with E-state index in [-0.39, 0.29) is 22.5 Å². The number of aromatic nitrogens is 3. The molecule has 0 saturated heterocycles. The Morgan fingerprint density at radius 2 is 1.81 bits per heavy atom. The summed E-state index contributed by atoms with van der Waals surface area (Å²) in [7, 11) is 0. The Morgan fingerprint density at radius 3 is 2.12 bits per heavy atom. The highest BCUT2D eigenvalue weighted by atomic mass is 35.5. The van der Waals surface area contributed by atoms with Crippen molar-refractivity contribution in [2.24, 2.45) is 5.14 Å². The topological polar surface area (TPSA) is 175 Å². The predicted molar refractivity (Wildman–Crippen MR) is 63.1 cm³/mol. The van der Waals surface area contributed by atoms with E-state index in [0.717, 1.165) is 0 Å². The van der Waals surface area contributed by atoms with Crippen LogP contribution in [0.3, 0.4) is 0 Å². The third kappa shape index (κ3) is 8.61. The molecule has 0 aromatic carbocycles. The molecule has 0 saturated carbocycles. The van der Waals surface area contributed by atoms with Gasteiger partial charge in [0, 0.05) is 11.3 Å². The third-order valence-electron chi connectivity index (χ3n) is 0.884. The Labute approximate surface area is 105 Å². The van der Waals surface area contributed by atoms with Gasteiger partial charge in [0.05, 0.1) is 0 Å². The quantitative estimate of drug-likeness (QED) is 0.643. The Balaban J connectivity index is -0.000000249. The Kier molecular flexibility index (Phi) is 14.0. The first-order valence-electron chi connectivity index (χ1n) is 2.99. The average Bonchev–Trinajstić information content (AvgIpc) is 2.09. The number of rotatable bonds is 1. The summed E-state index contributed by atoms with van der Waals surface area (Å²) in [6.07, 6.45) is 1.46. The molecule has 1 heterocycles. The molecule has 1 rings (SSSR count). The predicted octanol–water partition coefficient (Wildman–Crippen LogP) is 0.885. The molecule has 11 heteroatoms. The lowest BCUT2D eigenvalue weighted by molar-refractivity contribution is 0.539. The van der Waals surface area contributed by atoms with E-state index in [4.69, 9.17) is 32.0 Å². The first-order valence-corrected chi connectivity index (χ1v) is 4.89. The molecule has 8 N–H and O–H groups in total. The first-order chi connectivity index (χ1) is 6.49. The summed E-state index contributed by atoms with van der Waals surface area (Å²) in [5.41, 5.74) is 0.446. The second-order valence-electron chi connectivity index (χ2n) is 1.74. The largest absolute Gasteiger partial charge is 0.760 e. The van der Waals surface area contributed by atoms with Crippen LogP contribution >= 0.6 is 23.2 Å². The molecule has 0 fully saturated rings. The highest BCUT2D eigenvalue weighted by molar-refractivity contribution is 7.76. The molecule has 0 aliphatic carbocycles. The van der Waals surface area contributed by atoms with Gasteiger partial charge in [-0.1, -0.05) is 29.8 Å². The molecule has 0 spiro atoms. The first kappa shape index (κ1) is 20.7. The van der Waals surface area contributed by atoms with Crippen LogP contribution in [0.1, 0.15) is 5.69 Å². The van der Waals surface area contributed by atoms with Gasteiger partial charge < -0.3 is 16.9 Å². The van der Waals surface area contributed by atoms with Gasteiger partial charge in [-0.25, -0.2) is 0 Å². The highest BCUT2D eigenvalue weighted by Gasteiger charge is 2.03. The lowest BCUT2D eigenvalue weighted by Crippen LogP contribution is -1.97. The van der Waals surface area contributed by atoms with Crippen molar-refractivity contribution in [3.63, 3.8) is 0 Å². The monoisotopic (exact) mass is 289 g/mol. The second-order valence-corrected chi connectivity index (χ2v) is 3.00. The summed E-state index contributed by atoms with van der Waals surface area (Å²) in [4.78, 5) is 0. The van der Waals surface area contributed by atoms with Crippen LogP contribution < -0.4 is 17.4 Å². The van der Waals surface area contributed by atoms with E-state index in [2.05, 4.69) is 27.1 Å². The summed E-state index contributed by atoms with van der Waals surface area (Å²) < 4.78 is 17.6. The van der Waals surface area contributed by atoms with E-state index in [9.17, 15) is 0 Å². The molecule has 1 aromatic rings. The molecule has 0 aliphatic rings. The fraction of sp³-hybridized carbons (Fsp3) is 0. The molecule has 0 amide bonds. The summed E-state index contributed by atoms with van der Waals surface area (Å²) in [5.74, 6) is 0. The number of halogens is 2. The zero-order chi connectivity index (χ0) is 11.1. The van der Waals surface area contributed by atoms with Crippen LogP contribution in [0.4, 0.5) is 0 Å². The van der Waals surface area contributed by atoms with Crippen molar-refractivity contribution in [1.82, 2.24) is 27.7 Å². The van der Waals surface area contributed by atoms with Crippen molar-refractivity contribution >= 4 is 40.5 Å². The van der Waals surface area contributed by atoms with Gasteiger partial charge in [-0.2, -0.15) is 0 Å². The summed E-state index contributed by atoms with van der Waals surface area (Å²) in [6.45, 7) is 3.46. The molecule has 94 valence electrons. The van der Waals surface area contributed by atoms with Crippen LogP contribution in [-0.2, 0) is 11.3 Å². The molecule has 0 aliphatic heterocycles. The molecule has 0 bridgehead atoms. The number of hydrogen-bond donors (Lipinski definition) is 3. The molecular weight excluding hydrogens is 279 g/mol. The fourth-order valence-electron chi connectivity index (χ4n) is 0.434. The minimum absolute atomic E-state index is 0. The number of nitrogens with zero attached hydrogens (tertiary/aromatic N) is 3. The maximum atomic E-state index is 8.78. The van der Waals surface area contributed by atoms with Crippen LogP contribution in [0.5, 0.6) is 0 Å². The zero-order valence-electron chi connectivity index (χ0n) is 8.10. The molecule has 16 heavy (non-hydrogen) atoms. The highest BCUT2D eigenvalue weighted by Crippen LogP contribution is 2.20. The SMILES string of the molecule is C=Cc1nnnc(Cl)c1Cl.N.N.NS(=O)[O-]. The fourth-order valence-corrected chi connectivity index (χ4v) is 0.717. The van der Waals surface area contributed by atoms with Gasteiger partial charge >= 0.3 is 0 Å². The minimum atomic E-state index is -2.36. The second kappa shape index (κ2) is 10.8. The molecule has 0 radical (unpaired) electrons. The van der Waals surface area contributed by atoms with E-state index in [0.29, 0.717) is 5.69 Å². The van der Waals surface area contributed by atoms with Gasteiger partial charge in [-0.15, -0.1) is 10.2 Å². The molecule has 1 atom stereocenters. The van der Waals surface area contributed by atoms with E-state index in [1.165, 1.54) is 6.08 Å². The lowest BCUT2D eigenvalue weighted by Gasteiger charge is -1.93. The van der Waals surface area contributed by atoms with Gasteiger partial charge in [0.25, 0.3) is 0 Å². The van der Waals surface area contributed by atoms with Crippen LogP contribution in [0.15, 0.2) is 6.58 Å². The smallest absolute Gasteiger partial charge is 0.174 e. The zero-order valence-corrected chi connectivity index (χ0v) is 10.4. The normalized spacial score (nSPS) is 9.75. The van der Waals surface area contributed by atoms with Gasteiger partial charge in [0.2, 0.25) is 0 Å². The van der Waals surface area contributed by atoms with Crippen molar-refractivity contribution in [2.75, 3.05) is 0 Å². The van der Waals surface area contributed by atoms with Gasteiger partial charge in [0.15, 0.2) is 5.15 Å². The van der Waals surface area contributed by atoms with Crippen LogP contribution in [-0.4, -0.2) is 24.2 Å². The van der Waals surface area contributed by atoms with Crippen LogP contribution in [0.25, 0.3) is 6.08 Å². The van der Waals surface area contributed by atoms with E-state index in [1.54, 1.807) is 0 Å². The number of hydrogen-bond acceptors (Lipinski definition) is 7. The Bertz CT molecular complexity index is 348. The lowest BCUT2D eigenvalue weighted by atomic mass is 10.4. The Morgan fingerprint density at radius 1 is 1.38 bits per heavy atom. The Hall–Kier alpha value is -0.680. The molecular formula is C5H11Cl2N6O2S-. The third-order valence-corrected chi connectivity index (χ3v) is 1.62. The van der Waals surface area contributed by atoms with Crippen LogP contribution in [0, 0.1) is 0 Å².